The van der Waals surface area contributed by atoms with Crippen molar-refractivity contribution < 1.29 is 4.74 Å². The SMILES string of the molecule is CCOc1ccc(Br)cc1C(Br)c1ccc(C(C)C)cc1. The molecule has 1 atom stereocenters. The third-order valence-corrected chi connectivity index (χ3v) is 4.96. The van der Waals surface area contributed by atoms with Crippen LogP contribution in [0.5, 0.6) is 5.75 Å². The summed E-state index contributed by atoms with van der Waals surface area (Å²) in [5.74, 6) is 1.48. The van der Waals surface area contributed by atoms with E-state index in [2.05, 4.69) is 76.0 Å². The molecule has 0 amide bonds. The van der Waals surface area contributed by atoms with Crippen LogP contribution < -0.4 is 4.74 Å². The average Bonchev–Trinajstić information content (AvgIpc) is 2.48. The predicted octanol–water partition coefficient (Wildman–Crippen LogP) is 6.46. The number of ether oxygens (including phenoxy) is 1. The summed E-state index contributed by atoms with van der Waals surface area (Å²) in [5.41, 5.74) is 3.74. The van der Waals surface area contributed by atoms with Gasteiger partial charge in [-0.15, -0.1) is 0 Å². The van der Waals surface area contributed by atoms with E-state index in [-0.39, 0.29) is 4.83 Å². The molecule has 0 heterocycles. The average molecular weight is 412 g/mol. The maximum Gasteiger partial charge on any atom is 0.124 e. The van der Waals surface area contributed by atoms with Crippen molar-refractivity contribution in [3.63, 3.8) is 0 Å². The van der Waals surface area contributed by atoms with Gasteiger partial charge >= 0.3 is 0 Å². The third-order valence-electron chi connectivity index (χ3n) is 3.44. The molecule has 0 aliphatic carbocycles. The highest BCUT2D eigenvalue weighted by atomic mass is 79.9. The Morgan fingerprint density at radius 3 is 2.19 bits per heavy atom. The summed E-state index contributed by atoms with van der Waals surface area (Å²) >= 11 is 7.35. The summed E-state index contributed by atoms with van der Waals surface area (Å²) in [7, 11) is 0. The fourth-order valence-electron chi connectivity index (χ4n) is 2.23. The van der Waals surface area contributed by atoms with Crippen molar-refractivity contribution in [2.45, 2.75) is 31.5 Å². The van der Waals surface area contributed by atoms with Crippen LogP contribution in [0.2, 0.25) is 0 Å². The van der Waals surface area contributed by atoms with Gasteiger partial charge in [0.1, 0.15) is 5.75 Å². The van der Waals surface area contributed by atoms with Crippen LogP contribution in [0.4, 0.5) is 0 Å². The van der Waals surface area contributed by atoms with Crippen LogP contribution >= 0.6 is 31.9 Å². The molecule has 21 heavy (non-hydrogen) atoms. The van der Waals surface area contributed by atoms with E-state index in [0.29, 0.717) is 12.5 Å². The van der Waals surface area contributed by atoms with Gasteiger partial charge in [0.2, 0.25) is 0 Å². The van der Waals surface area contributed by atoms with E-state index in [1.807, 2.05) is 19.1 Å². The molecule has 0 saturated carbocycles. The Kier molecular flexibility index (Phi) is 5.88. The molecule has 2 aromatic rings. The molecule has 0 fully saturated rings. The summed E-state index contributed by atoms with van der Waals surface area (Å²) in [6.45, 7) is 7.09. The molecule has 0 spiro atoms. The van der Waals surface area contributed by atoms with Gasteiger partial charge in [-0.3, -0.25) is 0 Å². The zero-order chi connectivity index (χ0) is 15.4. The smallest absolute Gasteiger partial charge is 0.124 e. The van der Waals surface area contributed by atoms with E-state index in [4.69, 9.17) is 4.74 Å². The fourth-order valence-corrected chi connectivity index (χ4v) is 3.28. The van der Waals surface area contributed by atoms with E-state index in [1.54, 1.807) is 0 Å². The Morgan fingerprint density at radius 1 is 1.00 bits per heavy atom. The van der Waals surface area contributed by atoms with Gasteiger partial charge in [-0.1, -0.05) is 70.0 Å². The largest absolute Gasteiger partial charge is 0.494 e. The summed E-state index contributed by atoms with van der Waals surface area (Å²) in [5, 5.41) is 0. The number of benzene rings is 2. The van der Waals surface area contributed by atoms with Crippen LogP contribution in [-0.4, -0.2) is 6.61 Å². The summed E-state index contributed by atoms with van der Waals surface area (Å²) in [6.07, 6.45) is 0. The van der Waals surface area contributed by atoms with Gasteiger partial charge < -0.3 is 4.74 Å². The van der Waals surface area contributed by atoms with E-state index >= 15 is 0 Å². The minimum atomic E-state index is 0.123. The first-order valence-corrected chi connectivity index (χ1v) is 8.90. The van der Waals surface area contributed by atoms with Gasteiger partial charge in [0.25, 0.3) is 0 Å². The molecule has 0 aromatic heterocycles. The molecule has 2 aromatic carbocycles. The van der Waals surface area contributed by atoms with Crippen LogP contribution in [0, 0.1) is 0 Å². The Morgan fingerprint density at radius 2 is 1.62 bits per heavy atom. The molecule has 0 aliphatic heterocycles. The van der Waals surface area contributed by atoms with Gasteiger partial charge in [-0.2, -0.15) is 0 Å². The normalized spacial score (nSPS) is 12.5. The summed E-state index contributed by atoms with van der Waals surface area (Å²) in [6, 6.07) is 14.9. The molecule has 1 nitrogen and oxygen atoms in total. The van der Waals surface area contributed by atoms with Crippen LogP contribution in [-0.2, 0) is 0 Å². The molecule has 0 aliphatic rings. The number of hydrogen-bond donors (Lipinski definition) is 0. The third kappa shape index (κ3) is 4.10. The first-order chi connectivity index (χ1) is 10.0. The van der Waals surface area contributed by atoms with Crippen molar-refractivity contribution in [2.75, 3.05) is 6.61 Å². The molecule has 0 radical (unpaired) electrons. The molecule has 0 N–H and O–H groups in total. The van der Waals surface area contributed by atoms with Crippen molar-refractivity contribution in [3.05, 3.63) is 63.6 Å². The standard InChI is InChI=1S/C18H20Br2O/c1-4-21-17-10-9-15(19)11-16(17)18(20)14-7-5-13(6-8-14)12(2)3/h5-12,18H,4H2,1-3H3. The Bertz CT molecular complexity index is 591. The van der Waals surface area contributed by atoms with Gasteiger partial charge in [0.15, 0.2) is 0 Å². The Hall–Kier alpha value is -0.800. The minimum Gasteiger partial charge on any atom is -0.494 e. The van der Waals surface area contributed by atoms with E-state index < -0.39 is 0 Å². The maximum absolute atomic E-state index is 5.75. The minimum absolute atomic E-state index is 0.123. The lowest BCUT2D eigenvalue weighted by Crippen LogP contribution is -2.00. The molecule has 3 heteroatoms. The predicted molar refractivity (Wildman–Crippen MR) is 96.6 cm³/mol. The summed E-state index contributed by atoms with van der Waals surface area (Å²) < 4.78 is 6.81. The lowest BCUT2D eigenvalue weighted by atomic mass is 9.98. The zero-order valence-electron chi connectivity index (χ0n) is 12.6. The highest BCUT2D eigenvalue weighted by Crippen LogP contribution is 2.38. The van der Waals surface area contributed by atoms with Crippen LogP contribution in [0.1, 0.15) is 48.2 Å². The zero-order valence-corrected chi connectivity index (χ0v) is 15.7. The quantitative estimate of drug-likeness (QED) is 0.513. The lowest BCUT2D eigenvalue weighted by Gasteiger charge is -2.17. The molecular weight excluding hydrogens is 392 g/mol. The van der Waals surface area contributed by atoms with Gasteiger partial charge in [0.05, 0.1) is 11.4 Å². The number of alkyl halides is 1. The Balaban J connectivity index is 2.34. The molecule has 0 saturated heterocycles. The second kappa shape index (κ2) is 7.46. The van der Waals surface area contributed by atoms with Crippen molar-refractivity contribution in [2.24, 2.45) is 0 Å². The first-order valence-electron chi connectivity index (χ1n) is 7.19. The van der Waals surface area contributed by atoms with Gasteiger partial charge in [-0.05, 0) is 42.2 Å². The molecule has 2 rings (SSSR count). The van der Waals surface area contributed by atoms with Crippen LogP contribution in [0.3, 0.4) is 0 Å². The van der Waals surface area contributed by atoms with Crippen molar-refractivity contribution in [3.8, 4) is 5.75 Å². The van der Waals surface area contributed by atoms with Crippen molar-refractivity contribution >= 4 is 31.9 Å². The van der Waals surface area contributed by atoms with Crippen molar-refractivity contribution in [1.29, 1.82) is 0 Å². The second-order valence-electron chi connectivity index (χ2n) is 5.30. The number of rotatable bonds is 5. The van der Waals surface area contributed by atoms with Crippen LogP contribution in [0.15, 0.2) is 46.9 Å². The topological polar surface area (TPSA) is 9.23 Å². The van der Waals surface area contributed by atoms with Crippen molar-refractivity contribution in [1.82, 2.24) is 0 Å². The van der Waals surface area contributed by atoms with E-state index in [1.165, 1.54) is 11.1 Å². The first kappa shape index (κ1) is 16.6. The fraction of sp³-hybridized carbons (Fsp3) is 0.333. The molecule has 0 bridgehead atoms. The summed E-state index contributed by atoms with van der Waals surface area (Å²) in [4.78, 5) is 0.123. The van der Waals surface area contributed by atoms with E-state index in [0.717, 1.165) is 15.8 Å². The monoisotopic (exact) mass is 410 g/mol. The molecule has 112 valence electrons. The van der Waals surface area contributed by atoms with Crippen LogP contribution in [0.25, 0.3) is 0 Å². The highest BCUT2D eigenvalue weighted by molar-refractivity contribution is 9.10. The van der Waals surface area contributed by atoms with Gasteiger partial charge in [0, 0.05) is 10.0 Å². The lowest BCUT2D eigenvalue weighted by molar-refractivity contribution is 0.337. The maximum atomic E-state index is 5.75. The number of halogens is 2. The highest BCUT2D eigenvalue weighted by Gasteiger charge is 2.16. The Labute approximate surface area is 144 Å². The van der Waals surface area contributed by atoms with E-state index in [9.17, 15) is 0 Å². The number of hydrogen-bond acceptors (Lipinski definition) is 1. The second-order valence-corrected chi connectivity index (χ2v) is 7.13. The molecule has 1 unspecified atom stereocenters. The van der Waals surface area contributed by atoms with Gasteiger partial charge in [-0.25, -0.2) is 0 Å². The molecular formula is C18H20Br2O.